The van der Waals surface area contributed by atoms with Gasteiger partial charge in [0.05, 0.1) is 22.4 Å². The normalized spacial score (nSPS) is 17.6. The first kappa shape index (κ1) is 14.7. The molecule has 0 fully saturated rings. The van der Waals surface area contributed by atoms with Crippen LogP contribution in [0.4, 0.5) is 11.4 Å². The lowest BCUT2D eigenvalue weighted by Gasteiger charge is -2.40. The predicted molar refractivity (Wildman–Crippen MR) is 94.4 cm³/mol. The van der Waals surface area contributed by atoms with Gasteiger partial charge >= 0.3 is 0 Å². The molecule has 1 aliphatic heterocycles. The van der Waals surface area contributed by atoms with Crippen LogP contribution in [0.2, 0.25) is 5.02 Å². The maximum absolute atomic E-state index is 6.26. The first-order chi connectivity index (χ1) is 10.1. The number of nitrogens with one attached hydrogen (secondary N) is 1. The topological polar surface area (TPSA) is 15.3 Å². The van der Waals surface area contributed by atoms with E-state index < -0.39 is 0 Å². The minimum absolute atomic E-state index is 0.276. The van der Waals surface area contributed by atoms with Crippen LogP contribution < -0.4 is 10.2 Å². The van der Waals surface area contributed by atoms with Gasteiger partial charge in [0, 0.05) is 17.1 Å². The molecular formula is C17H18BrClN2. The summed E-state index contributed by atoms with van der Waals surface area (Å²) in [6.45, 7) is 5.39. The zero-order valence-electron chi connectivity index (χ0n) is 12.1. The molecule has 0 radical (unpaired) electrons. The highest BCUT2D eigenvalue weighted by molar-refractivity contribution is 9.10. The van der Waals surface area contributed by atoms with Gasteiger partial charge in [-0.1, -0.05) is 41.9 Å². The Labute approximate surface area is 139 Å². The highest BCUT2D eigenvalue weighted by atomic mass is 79.9. The zero-order valence-corrected chi connectivity index (χ0v) is 14.4. The van der Waals surface area contributed by atoms with E-state index in [1.165, 1.54) is 11.3 Å². The van der Waals surface area contributed by atoms with Crippen LogP contribution in [0.25, 0.3) is 0 Å². The van der Waals surface area contributed by atoms with Crippen molar-refractivity contribution in [1.82, 2.24) is 0 Å². The molecule has 2 aromatic carbocycles. The molecule has 1 heterocycles. The van der Waals surface area contributed by atoms with Crippen LogP contribution in [0.5, 0.6) is 0 Å². The minimum Gasteiger partial charge on any atom is -0.375 e. The number of benzene rings is 2. The molecule has 3 rings (SSSR count). The molecule has 1 N–H and O–H groups in total. The number of halogens is 2. The largest absolute Gasteiger partial charge is 0.375 e. The van der Waals surface area contributed by atoms with Gasteiger partial charge in [-0.25, -0.2) is 0 Å². The van der Waals surface area contributed by atoms with Crippen molar-refractivity contribution in [2.75, 3.05) is 16.8 Å². The van der Waals surface area contributed by atoms with E-state index in [4.69, 9.17) is 11.6 Å². The van der Waals surface area contributed by atoms with Crippen molar-refractivity contribution in [2.24, 2.45) is 0 Å². The SMILES string of the molecule is CC(C)N1C[C@H](c2ccccc2)Nc2cc(Cl)c(Br)cc21. The average Bonchev–Trinajstić information content (AvgIpc) is 2.48. The van der Waals surface area contributed by atoms with Gasteiger partial charge in [-0.05, 0) is 47.5 Å². The van der Waals surface area contributed by atoms with Crippen molar-refractivity contribution in [3.8, 4) is 0 Å². The molecule has 2 nitrogen and oxygen atoms in total. The van der Waals surface area contributed by atoms with Crippen LogP contribution in [0.3, 0.4) is 0 Å². The summed E-state index contributed by atoms with van der Waals surface area (Å²) in [7, 11) is 0. The monoisotopic (exact) mass is 364 g/mol. The van der Waals surface area contributed by atoms with Crippen molar-refractivity contribution in [2.45, 2.75) is 25.9 Å². The fraction of sp³-hybridized carbons (Fsp3) is 0.294. The highest BCUT2D eigenvalue weighted by Crippen LogP contribution is 2.41. The number of hydrogen-bond donors (Lipinski definition) is 1. The van der Waals surface area contributed by atoms with Crippen molar-refractivity contribution < 1.29 is 0 Å². The van der Waals surface area contributed by atoms with Crippen LogP contribution in [-0.2, 0) is 0 Å². The number of fused-ring (bicyclic) bond motifs is 1. The van der Waals surface area contributed by atoms with Crippen LogP contribution in [0, 0.1) is 0 Å². The van der Waals surface area contributed by atoms with Crippen LogP contribution >= 0.6 is 27.5 Å². The molecule has 0 bridgehead atoms. The summed E-state index contributed by atoms with van der Waals surface area (Å²) in [5.41, 5.74) is 3.60. The van der Waals surface area contributed by atoms with E-state index in [2.05, 4.69) is 76.4 Å². The average molecular weight is 366 g/mol. The standard InChI is InChI=1S/C17H18BrClN2/c1-11(2)21-10-16(12-6-4-3-5-7-12)20-15-9-14(19)13(18)8-17(15)21/h3-9,11,16,20H,10H2,1-2H3/t16-/m1/s1. The first-order valence-corrected chi connectivity index (χ1v) is 8.30. The lowest BCUT2D eigenvalue weighted by atomic mass is 10.0. The Hall–Kier alpha value is -1.19. The summed E-state index contributed by atoms with van der Waals surface area (Å²) in [5, 5.41) is 4.35. The molecule has 0 aliphatic carbocycles. The van der Waals surface area contributed by atoms with Crippen LogP contribution in [0.15, 0.2) is 46.9 Å². The van der Waals surface area contributed by atoms with E-state index in [9.17, 15) is 0 Å². The molecule has 0 spiro atoms. The lowest BCUT2D eigenvalue weighted by Crippen LogP contribution is -2.40. The van der Waals surface area contributed by atoms with Gasteiger partial charge in [-0.3, -0.25) is 0 Å². The van der Waals surface area contributed by atoms with Crippen molar-refractivity contribution in [3.05, 3.63) is 57.5 Å². The van der Waals surface area contributed by atoms with Gasteiger partial charge in [0.25, 0.3) is 0 Å². The third-order valence-electron chi connectivity index (χ3n) is 3.88. The summed E-state index contributed by atoms with van der Waals surface area (Å²) < 4.78 is 0.938. The highest BCUT2D eigenvalue weighted by Gasteiger charge is 2.27. The first-order valence-electron chi connectivity index (χ1n) is 7.13. The third kappa shape index (κ3) is 2.90. The Morgan fingerprint density at radius 1 is 1.24 bits per heavy atom. The molecule has 0 unspecified atom stereocenters. The second kappa shape index (κ2) is 5.90. The molecule has 0 saturated carbocycles. The van der Waals surface area contributed by atoms with Crippen LogP contribution in [-0.4, -0.2) is 12.6 Å². The molecular weight excluding hydrogens is 348 g/mol. The van der Waals surface area contributed by atoms with Crippen molar-refractivity contribution in [1.29, 1.82) is 0 Å². The number of nitrogens with zero attached hydrogens (tertiary/aromatic N) is 1. The van der Waals surface area contributed by atoms with E-state index in [-0.39, 0.29) is 6.04 Å². The molecule has 0 aromatic heterocycles. The fourth-order valence-corrected chi connectivity index (χ4v) is 3.28. The third-order valence-corrected chi connectivity index (χ3v) is 5.08. The second-order valence-corrected chi connectivity index (χ2v) is 6.90. The minimum atomic E-state index is 0.276. The van der Waals surface area contributed by atoms with Crippen molar-refractivity contribution >= 4 is 38.9 Å². The summed E-state index contributed by atoms with van der Waals surface area (Å²) in [6, 6.07) is 15.4. The van der Waals surface area contributed by atoms with Crippen LogP contribution in [0.1, 0.15) is 25.5 Å². The summed E-state index contributed by atoms with van der Waals surface area (Å²) in [6.07, 6.45) is 0. The number of anilines is 2. The zero-order chi connectivity index (χ0) is 15.0. The summed E-state index contributed by atoms with van der Waals surface area (Å²) in [4.78, 5) is 2.42. The second-order valence-electron chi connectivity index (χ2n) is 5.64. The van der Waals surface area contributed by atoms with Crippen molar-refractivity contribution in [3.63, 3.8) is 0 Å². The quantitative estimate of drug-likeness (QED) is 0.757. The Bertz CT molecular complexity index is 643. The smallest absolute Gasteiger partial charge is 0.0689 e. The Morgan fingerprint density at radius 3 is 2.62 bits per heavy atom. The lowest BCUT2D eigenvalue weighted by molar-refractivity contribution is 0.617. The predicted octanol–water partition coefficient (Wildman–Crippen LogP) is 5.48. The fourth-order valence-electron chi connectivity index (χ4n) is 2.78. The molecule has 2 aromatic rings. The molecule has 21 heavy (non-hydrogen) atoms. The van der Waals surface area contributed by atoms with Gasteiger partial charge in [0.15, 0.2) is 0 Å². The maximum atomic E-state index is 6.26. The summed E-state index contributed by atoms with van der Waals surface area (Å²) in [5.74, 6) is 0. The van der Waals surface area contributed by atoms with E-state index >= 15 is 0 Å². The van der Waals surface area contributed by atoms with Gasteiger partial charge in [0.1, 0.15) is 0 Å². The molecule has 110 valence electrons. The molecule has 4 heteroatoms. The van der Waals surface area contributed by atoms with E-state index in [0.717, 1.165) is 21.7 Å². The van der Waals surface area contributed by atoms with Gasteiger partial charge in [0.2, 0.25) is 0 Å². The Balaban J connectivity index is 2.03. The van der Waals surface area contributed by atoms with E-state index in [1.807, 2.05) is 6.07 Å². The number of rotatable bonds is 2. The molecule has 1 atom stereocenters. The van der Waals surface area contributed by atoms with Gasteiger partial charge < -0.3 is 10.2 Å². The number of hydrogen-bond acceptors (Lipinski definition) is 2. The molecule has 0 saturated heterocycles. The Morgan fingerprint density at radius 2 is 1.95 bits per heavy atom. The molecule has 1 aliphatic rings. The van der Waals surface area contributed by atoms with E-state index in [1.54, 1.807) is 0 Å². The van der Waals surface area contributed by atoms with Gasteiger partial charge in [-0.2, -0.15) is 0 Å². The molecule has 0 amide bonds. The summed E-state index contributed by atoms with van der Waals surface area (Å²) >= 11 is 9.79. The maximum Gasteiger partial charge on any atom is 0.0689 e. The Kier molecular flexibility index (Phi) is 4.14. The van der Waals surface area contributed by atoms with E-state index in [0.29, 0.717) is 6.04 Å². The van der Waals surface area contributed by atoms with Gasteiger partial charge in [-0.15, -0.1) is 0 Å².